The van der Waals surface area contributed by atoms with Crippen LogP contribution in [-0.2, 0) is 4.79 Å². The molecule has 29 heavy (non-hydrogen) atoms. The van der Waals surface area contributed by atoms with Crippen LogP contribution in [-0.4, -0.2) is 21.5 Å². The van der Waals surface area contributed by atoms with Crippen LogP contribution < -0.4 is 10.4 Å². The maximum absolute atomic E-state index is 13.4. The van der Waals surface area contributed by atoms with Gasteiger partial charge < -0.3 is 0 Å². The number of amides is 1. The van der Waals surface area contributed by atoms with Crippen LogP contribution in [0.25, 0.3) is 0 Å². The minimum Gasteiger partial charge on any atom is -0.273 e. The Labute approximate surface area is 182 Å². The highest BCUT2D eigenvalue weighted by molar-refractivity contribution is 8.21. The fraction of sp³-hybridized carbons (Fsp3) is 0.458. The molecule has 2 unspecified atom stereocenters. The summed E-state index contributed by atoms with van der Waals surface area (Å²) in [6.07, 6.45) is 6.01. The Morgan fingerprint density at radius 3 is 1.90 bits per heavy atom. The Balaban J connectivity index is 1.36. The van der Waals surface area contributed by atoms with Crippen molar-refractivity contribution < 1.29 is 4.79 Å². The number of hydrogen-bond acceptors (Lipinski definition) is 4. The van der Waals surface area contributed by atoms with Gasteiger partial charge in [0, 0.05) is 17.4 Å². The first-order valence-electron chi connectivity index (χ1n) is 10.7. The maximum atomic E-state index is 13.4. The van der Waals surface area contributed by atoms with Gasteiger partial charge >= 0.3 is 0 Å². The Kier molecular flexibility index (Phi) is 5.53. The van der Waals surface area contributed by atoms with Gasteiger partial charge in [-0.3, -0.25) is 15.2 Å². The molecule has 2 bridgehead atoms. The van der Waals surface area contributed by atoms with Gasteiger partial charge in [-0.15, -0.1) is 23.5 Å². The fourth-order valence-electron chi connectivity index (χ4n) is 5.46. The number of benzene rings is 2. The summed E-state index contributed by atoms with van der Waals surface area (Å²) >= 11 is 4.40. The molecule has 2 atom stereocenters. The number of hydrogen-bond donors (Lipinski definition) is 1. The Morgan fingerprint density at radius 2 is 1.38 bits per heavy atom. The number of thioether (sulfide) groups is 2. The van der Waals surface area contributed by atoms with Gasteiger partial charge in [0.05, 0.1) is 15.5 Å². The molecule has 2 saturated carbocycles. The van der Waals surface area contributed by atoms with E-state index in [0.29, 0.717) is 15.9 Å². The molecule has 5 heteroatoms. The first-order chi connectivity index (χ1) is 14.3. The van der Waals surface area contributed by atoms with Gasteiger partial charge in [0.15, 0.2) is 0 Å². The lowest BCUT2D eigenvalue weighted by Gasteiger charge is -2.52. The molecule has 5 rings (SSSR count). The monoisotopic (exact) mass is 424 g/mol. The lowest BCUT2D eigenvalue weighted by atomic mass is 9.67. The minimum absolute atomic E-state index is 0.118. The number of carbonyl (C=O) groups is 1. The molecule has 1 aliphatic heterocycles. The lowest BCUT2D eigenvalue weighted by molar-refractivity contribution is -0.127. The number of carbonyl (C=O) groups excluding carboxylic acids is 1. The second-order valence-electron chi connectivity index (χ2n) is 8.39. The summed E-state index contributed by atoms with van der Waals surface area (Å²) < 4.78 is 0.410. The molecule has 1 saturated heterocycles. The van der Waals surface area contributed by atoms with Gasteiger partial charge in [-0.25, -0.2) is 0 Å². The van der Waals surface area contributed by atoms with Gasteiger partial charge in [0.1, 0.15) is 0 Å². The zero-order chi connectivity index (χ0) is 19.7. The lowest BCUT2D eigenvalue weighted by Crippen LogP contribution is -2.51. The highest BCUT2D eigenvalue weighted by atomic mass is 32.2. The molecule has 1 spiro atoms. The maximum Gasteiger partial charge on any atom is 0.241 e. The second-order valence-corrected chi connectivity index (χ2v) is 11.4. The van der Waals surface area contributed by atoms with Crippen LogP contribution >= 0.6 is 23.5 Å². The van der Waals surface area contributed by atoms with Crippen molar-refractivity contribution in [2.24, 2.45) is 17.8 Å². The van der Waals surface area contributed by atoms with Crippen LogP contribution in [0.3, 0.4) is 0 Å². The van der Waals surface area contributed by atoms with Crippen LogP contribution in [0, 0.1) is 17.8 Å². The highest BCUT2D eigenvalue weighted by Gasteiger charge is 2.55. The third-order valence-corrected chi connectivity index (χ3v) is 10.8. The molecule has 3 nitrogen and oxygen atoms in total. The van der Waals surface area contributed by atoms with Crippen LogP contribution in [0.5, 0.6) is 0 Å². The minimum atomic E-state index is 0.118. The van der Waals surface area contributed by atoms with Crippen LogP contribution in [0.2, 0.25) is 0 Å². The molecule has 1 amide bonds. The summed E-state index contributed by atoms with van der Waals surface area (Å²) in [6.45, 7) is 0. The zero-order valence-corrected chi connectivity index (χ0v) is 18.3. The van der Waals surface area contributed by atoms with Crippen LogP contribution in [0.1, 0.15) is 32.1 Å². The number of nitrogens with one attached hydrogen (secondary N) is 1. The number of hydrazine groups is 1. The Hall–Kier alpha value is -1.59. The first kappa shape index (κ1) is 19.4. The average Bonchev–Trinajstić information content (AvgIpc) is 3.22. The molecule has 2 aromatic carbocycles. The standard InChI is InChI=1S/C24H28N2OS2/c27-23(18-16-19-8-7-9-20(17-18)24(19)28-14-15-29-24)25-26(21-10-3-1-4-11-21)22-12-5-2-6-13-22/h1-6,10-13,18-20H,7-9,14-17H2,(H,25,27). The van der Waals surface area contributed by atoms with Crippen molar-refractivity contribution in [1.29, 1.82) is 0 Å². The largest absolute Gasteiger partial charge is 0.273 e. The van der Waals surface area contributed by atoms with Gasteiger partial charge in [0.25, 0.3) is 0 Å². The molecule has 2 aliphatic carbocycles. The molecule has 152 valence electrons. The van der Waals surface area contributed by atoms with Gasteiger partial charge in [-0.1, -0.05) is 42.8 Å². The van der Waals surface area contributed by atoms with E-state index in [2.05, 4.69) is 28.9 Å². The summed E-state index contributed by atoms with van der Waals surface area (Å²) in [5.74, 6) is 4.23. The third-order valence-electron chi connectivity index (χ3n) is 6.74. The van der Waals surface area contributed by atoms with E-state index in [1.165, 1.54) is 30.8 Å². The second kappa shape index (κ2) is 8.27. The van der Waals surface area contributed by atoms with Crippen molar-refractivity contribution in [3.8, 4) is 0 Å². The van der Waals surface area contributed by atoms with E-state index in [0.717, 1.165) is 24.2 Å². The predicted molar refractivity (Wildman–Crippen MR) is 124 cm³/mol. The van der Waals surface area contributed by atoms with Crippen molar-refractivity contribution in [3.63, 3.8) is 0 Å². The Bertz CT molecular complexity index is 783. The SMILES string of the molecule is O=C(NN(c1ccccc1)c1ccccc1)C1CC2CCCC(C1)C21SCCS1. The molecule has 3 fully saturated rings. The first-order valence-corrected chi connectivity index (χ1v) is 12.7. The Morgan fingerprint density at radius 1 is 0.862 bits per heavy atom. The molecule has 0 aromatic heterocycles. The van der Waals surface area contributed by atoms with E-state index in [1.807, 2.05) is 65.7 Å². The van der Waals surface area contributed by atoms with Crippen molar-refractivity contribution in [2.75, 3.05) is 16.5 Å². The number of rotatable bonds is 4. The molecular formula is C24H28N2OS2. The van der Waals surface area contributed by atoms with Gasteiger partial charge in [0.2, 0.25) is 5.91 Å². The molecule has 0 radical (unpaired) electrons. The third kappa shape index (κ3) is 3.68. The van der Waals surface area contributed by atoms with E-state index in [-0.39, 0.29) is 11.8 Å². The van der Waals surface area contributed by atoms with E-state index in [4.69, 9.17) is 0 Å². The van der Waals surface area contributed by atoms with E-state index in [1.54, 1.807) is 0 Å². The van der Waals surface area contributed by atoms with Crippen molar-refractivity contribution in [1.82, 2.24) is 5.43 Å². The summed E-state index contributed by atoms with van der Waals surface area (Å²) in [5.41, 5.74) is 5.24. The highest BCUT2D eigenvalue weighted by Crippen LogP contribution is 2.64. The normalized spacial score (nSPS) is 27.5. The molecule has 1 N–H and O–H groups in total. The van der Waals surface area contributed by atoms with E-state index >= 15 is 0 Å². The molecule has 1 heterocycles. The zero-order valence-electron chi connectivity index (χ0n) is 16.6. The summed E-state index contributed by atoms with van der Waals surface area (Å²) in [6, 6.07) is 20.3. The molecule has 3 aliphatic rings. The molecular weight excluding hydrogens is 396 g/mol. The smallest absolute Gasteiger partial charge is 0.241 e. The quantitative estimate of drug-likeness (QED) is 0.623. The average molecular weight is 425 g/mol. The predicted octanol–water partition coefficient (Wildman–Crippen LogP) is 5.86. The summed E-state index contributed by atoms with van der Waals surface area (Å²) in [5, 5.41) is 1.95. The van der Waals surface area contributed by atoms with Crippen molar-refractivity contribution >= 4 is 40.8 Å². The van der Waals surface area contributed by atoms with E-state index < -0.39 is 0 Å². The topological polar surface area (TPSA) is 32.3 Å². The number of nitrogens with zero attached hydrogens (tertiary/aromatic N) is 1. The van der Waals surface area contributed by atoms with Gasteiger partial charge in [-0.2, -0.15) is 0 Å². The summed E-state index contributed by atoms with van der Waals surface area (Å²) in [7, 11) is 0. The van der Waals surface area contributed by atoms with Crippen LogP contribution in [0.4, 0.5) is 11.4 Å². The fourth-order valence-corrected chi connectivity index (χ4v) is 9.39. The molecule has 2 aromatic rings. The van der Waals surface area contributed by atoms with Crippen molar-refractivity contribution in [2.45, 2.75) is 36.2 Å². The summed E-state index contributed by atoms with van der Waals surface area (Å²) in [4.78, 5) is 13.4. The van der Waals surface area contributed by atoms with Crippen molar-refractivity contribution in [3.05, 3.63) is 60.7 Å². The van der Waals surface area contributed by atoms with E-state index in [9.17, 15) is 4.79 Å². The van der Waals surface area contributed by atoms with Crippen LogP contribution in [0.15, 0.2) is 60.7 Å². The van der Waals surface area contributed by atoms with Gasteiger partial charge in [-0.05, 0) is 61.8 Å². The number of para-hydroxylation sites is 2. The number of anilines is 2.